The first kappa shape index (κ1) is 20.6. The molecule has 0 amide bonds. The Morgan fingerprint density at radius 2 is 1.82 bits per heavy atom. The van der Waals surface area contributed by atoms with Crippen LogP contribution in [0.2, 0.25) is 0 Å². The Morgan fingerprint density at radius 1 is 1.06 bits per heavy atom. The van der Waals surface area contributed by atoms with Gasteiger partial charge < -0.3 is 10.8 Å². The maximum atomic E-state index is 11.9. The predicted octanol–water partition coefficient (Wildman–Crippen LogP) is 3.78. The van der Waals surface area contributed by atoms with Crippen LogP contribution in [-0.2, 0) is 10.3 Å². The number of amidine groups is 1. The van der Waals surface area contributed by atoms with Crippen LogP contribution in [0.5, 0.6) is 0 Å². The average Bonchev–Trinajstić information content (AvgIpc) is 3.51. The molecule has 8 heteroatoms. The molecule has 0 radical (unpaired) electrons. The van der Waals surface area contributed by atoms with E-state index in [4.69, 9.17) is 10.7 Å². The van der Waals surface area contributed by atoms with E-state index in [9.17, 15) is 9.90 Å². The number of fused-ring (bicyclic) bond motifs is 1. The zero-order valence-corrected chi connectivity index (χ0v) is 18.4. The summed E-state index contributed by atoms with van der Waals surface area (Å²) in [6.07, 6.45) is 6.35. The number of hydrogen-bond acceptors (Lipinski definition) is 6. The van der Waals surface area contributed by atoms with E-state index >= 15 is 0 Å². The number of aromatic amines is 1. The molecule has 1 saturated carbocycles. The summed E-state index contributed by atoms with van der Waals surface area (Å²) >= 11 is 0. The minimum Gasteiger partial charge on any atom is -0.476 e. The normalized spacial score (nSPS) is 22.9. The van der Waals surface area contributed by atoms with Crippen molar-refractivity contribution in [2.45, 2.75) is 36.9 Å². The lowest BCUT2D eigenvalue weighted by molar-refractivity contribution is -0.129. The summed E-state index contributed by atoms with van der Waals surface area (Å²) in [6.45, 7) is 0. The summed E-state index contributed by atoms with van der Waals surface area (Å²) in [5.74, 6) is -0.476. The Kier molecular flexibility index (Phi) is 4.70. The van der Waals surface area contributed by atoms with Crippen molar-refractivity contribution in [1.82, 2.24) is 15.2 Å². The van der Waals surface area contributed by atoms with Gasteiger partial charge in [0.05, 0.1) is 5.69 Å². The fraction of sp³-hybridized carbons (Fsp3) is 0.231. The zero-order chi connectivity index (χ0) is 23.3. The van der Waals surface area contributed by atoms with E-state index in [2.05, 4.69) is 39.6 Å². The lowest BCUT2D eigenvalue weighted by atomic mass is 9.72. The van der Waals surface area contributed by atoms with Crippen LogP contribution in [0.25, 0.3) is 5.57 Å². The molecule has 2 atom stereocenters. The van der Waals surface area contributed by atoms with Gasteiger partial charge in [-0.1, -0.05) is 54.6 Å². The Morgan fingerprint density at radius 3 is 2.44 bits per heavy atom. The highest BCUT2D eigenvalue weighted by Crippen LogP contribution is 2.46. The van der Waals surface area contributed by atoms with E-state index in [0.29, 0.717) is 17.1 Å². The molecule has 2 aliphatic heterocycles. The predicted molar refractivity (Wildman–Crippen MR) is 129 cm³/mol. The van der Waals surface area contributed by atoms with Crippen molar-refractivity contribution in [3.63, 3.8) is 0 Å². The number of carboxylic acid groups (broad SMARTS) is 1. The van der Waals surface area contributed by atoms with Crippen molar-refractivity contribution in [2.75, 3.05) is 0 Å². The lowest BCUT2D eigenvalue weighted by Gasteiger charge is -2.38. The Balaban J connectivity index is 1.47. The molecule has 4 N–H and O–H groups in total. The second kappa shape index (κ2) is 7.78. The fourth-order valence-corrected chi connectivity index (χ4v) is 4.97. The van der Waals surface area contributed by atoms with Gasteiger partial charge >= 0.3 is 5.97 Å². The first-order valence-corrected chi connectivity index (χ1v) is 11.4. The molecule has 2 aromatic carbocycles. The molecule has 1 aromatic heterocycles. The number of nitrogens with one attached hydrogen (secondary N) is 1. The third kappa shape index (κ3) is 3.26. The molecule has 1 aliphatic carbocycles. The SMILES string of the molecule is NC1(c2ccc(C3N=C4C(c5ccn[nH]5)=CC(C(=O)O)=NN4C3c3ccccc3)cc2)CCC1. The molecule has 0 saturated heterocycles. The van der Waals surface area contributed by atoms with E-state index in [1.807, 2.05) is 30.3 Å². The molecule has 8 nitrogen and oxygen atoms in total. The number of nitrogens with two attached hydrogens (primary N) is 1. The Hall–Kier alpha value is -4.04. The van der Waals surface area contributed by atoms with Crippen LogP contribution >= 0.6 is 0 Å². The van der Waals surface area contributed by atoms with Crippen molar-refractivity contribution in [2.24, 2.45) is 15.8 Å². The number of aliphatic imine (C=N–C) groups is 1. The number of rotatable bonds is 5. The van der Waals surface area contributed by atoms with Crippen LogP contribution in [0.3, 0.4) is 0 Å². The smallest absolute Gasteiger partial charge is 0.356 e. The maximum absolute atomic E-state index is 11.9. The van der Waals surface area contributed by atoms with Crippen molar-refractivity contribution < 1.29 is 9.90 Å². The molecule has 34 heavy (non-hydrogen) atoms. The lowest BCUT2D eigenvalue weighted by Crippen LogP contribution is -2.43. The minimum atomic E-state index is -1.09. The van der Waals surface area contributed by atoms with E-state index < -0.39 is 5.97 Å². The van der Waals surface area contributed by atoms with E-state index in [-0.39, 0.29) is 23.3 Å². The number of aromatic nitrogens is 2. The number of nitrogens with zero attached hydrogens (tertiary/aromatic N) is 4. The third-order valence-electron chi connectivity index (χ3n) is 7.00. The molecular weight excluding hydrogens is 428 g/mol. The summed E-state index contributed by atoms with van der Waals surface area (Å²) < 4.78 is 0. The van der Waals surface area contributed by atoms with Crippen molar-refractivity contribution in [3.8, 4) is 0 Å². The summed E-state index contributed by atoms with van der Waals surface area (Å²) in [7, 11) is 0. The highest BCUT2D eigenvalue weighted by atomic mass is 16.4. The second-order valence-electron chi connectivity index (χ2n) is 9.05. The topological polar surface area (TPSA) is 120 Å². The minimum absolute atomic E-state index is 0.0458. The van der Waals surface area contributed by atoms with Crippen LogP contribution in [0.15, 0.2) is 83.0 Å². The van der Waals surface area contributed by atoms with Gasteiger partial charge in [0.1, 0.15) is 12.1 Å². The van der Waals surface area contributed by atoms with Crippen molar-refractivity contribution >= 4 is 23.1 Å². The van der Waals surface area contributed by atoms with Gasteiger partial charge in [0.25, 0.3) is 0 Å². The number of benzene rings is 2. The van der Waals surface area contributed by atoms with E-state index in [1.165, 1.54) is 0 Å². The first-order chi connectivity index (χ1) is 16.5. The number of hydrazone groups is 1. The van der Waals surface area contributed by atoms with Gasteiger partial charge in [-0.2, -0.15) is 10.2 Å². The van der Waals surface area contributed by atoms with Gasteiger partial charge in [-0.3, -0.25) is 10.1 Å². The molecule has 2 unspecified atom stereocenters. The van der Waals surface area contributed by atoms with Gasteiger partial charge in [0, 0.05) is 17.3 Å². The van der Waals surface area contributed by atoms with E-state index in [0.717, 1.165) is 36.0 Å². The second-order valence-corrected chi connectivity index (χ2v) is 9.05. The molecule has 6 rings (SSSR count). The summed E-state index contributed by atoms with van der Waals surface area (Å²) in [5, 5.41) is 23.0. The van der Waals surface area contributed by atoms with Gasteiger partial charge in [-0.25, -0.2) is 9.80 Å². The molecule has 0 bridgehead atoms. The number of carboxylic acids is 1. The van der Waals surface area contributed by atoms with Gasteiger partial charge in [0.15, 0.2) is 11.5 Å². The average molecular weight is 453 g/mol. The molecule has 3 aromatic rings. The number of H-pyrrole nitrogens is 1. The molecule has 3 heterocycles. The fourth-order valence-electron chi connectivity index (χ4n) is 4.97. The standard InChI is InChI=1S/C26H24N6O2/c27-26(12-4-13-26)18-9-7-16(8-10-18)22-23(17-5-2-1-3-6-17)32-24(29-22)19(20-11-14-28-30-20)15-21(31-32)25(33)34/h1-3,5-11,14-15,22-23H,4,12-13,27H2,(H,28,30)(H,33,34). The van der Waals surface area contributed by atoms with Crippen LogP contribution in [-0.4, -0.2) is 37.8 Å². The summed E-state index contributed by atoms with van der Waals surface area (Å²) in [5.41, 5.74) is 10.8. The highest BCUT2D eigenvalue weighted by molar-refractivity contribution is 6.45. The largest absolute Gasteiger partial charge is 0.476 e. The highest BCUT2D eigenvalue weighted by Gasteiger charge is 2.43. The molecule has 3 aliphatic rings. The van der Waals surface area contributed by atoms with Crippen LogP contribution in [0.4, 0.5) is 0 Å². The molecule has 170 valence electrons. The summed E-state index contributed by atoms with van der Waals surface area (Å²) in [6, 6.07) is 19.6. The Bertz CT molecular complexity index is 1320. The number of carbonyl (C=O) groups is 1. The maximum Gasteiger partial charge on any atom is 0.356 e. The van der Waals surface area contributed by atoms with Gasteiger partial charge in [-0.05, 0) is 48.1 Å². The molecule has 0 spiro atoms. The number of aliphatic carboxylic acids is 1. The number of hydrogen-bond donors (Lipinski definition) is 3. The molecular formula is C26H24N6O2. The Labute approximate surface area is 196 Å². The molecule has 1 fully saturated rings. The van der Waals surface area contributed by atoms with Crippen molar-refractivity contribution in [3.05, 3.63) is 95.3 Å². The first-order valence-electron chi connectivity index (χ1n) is 11.4. The zero-order valence-electron chi connectivity index (χ0n) is 18.4. The van der Waals surface area contributed by atoms with Crippen LogP contribution < -0.4 is 5.73 Å². The van der Waals surface area contributed by atoms with Gasteiger partial charge in [-0.15, -0.1) is 0 Å². The van der Waals surface area contributed by atoms with Crippen LogP contribution in [0, 0.1) is 0 Å². The van der Waals surface area contributed by atoms with Crippen molar-refractivity contribution in [1.29, 1.82) is 0 Å². The van der Waals surface area contributed by atoms with Gasteiger partial charge in [0.2, 0.25) is 0 Å². The summed E-state index contributed by atoms with van der Waals surface area (Å²) in [4.78, 5) is 17.0. The monoisotopic (exact) mass is 452 g/mol. The third-order valence-corrected chi connectivity index (χ3v) is 7.00. The van der Waals surface area contributed by atoms with Crippen LogP contribution in [0.1, 0.15) is 53.7 Å². The quantitative estimate of drug-likeness (QED) is 0.544. The van der Waals surface area contributed by atoms with E-state index in [1.54, 1.807) is 23.3 Å².